The summed E-state index contributed by atoms with van der Waals surface area (Å²) in [6.45, 7) is 7.39. The van der Waals surface area contributed by atoms with Crippen molar-refractivity contribution < 1.29 is 0 Å². The maximum absolute atomic E-state index is 3.49. The summed E-state index contributed by atoms with van der Waals surface area (Å²) in [6, 6.07) is 0.894. The van der Waals surface area contributed by atoms with Crippen molar-refractivity contribution in [3.63, 3.8) is 0 Å². The zero-order chi connectivity index (χ0) is 11.6. The van der Waals surface area contributed by atoms with Crippen LogP contribution in [0.4, 0.5) is 0 Å². The number of hydrogen-bond acceptors (Lipinski definition) is 2. The van der Waals surface area contributed by atoms with E-state index in [2.05, 4.69) is 31.1 Å². The largest absolute Gasteiger partial charge is 0.314 e. The van der Waals surface area contributed by atoms with Gasteiger partial charge in [-0.25, -0.2) is 0 Å². The van der Waals surface area contributed by atoms with Crippen LogP contribution < -0.4 is 5.32 Å². The molecule has 1 saturated carbocycles. The molecular weight excluding hydrogens is 196 g/mol. The minimum absolute atomic E-state index is 0.400. The van der Waals surface area contributed by atoms with Crippen LogP contribution in [0.2, 0.25) is 0 Å². The summed E-state index contributed by atoms with van der Waals surface area (Å²) in [5, 5.41) is 3.49. The molecule has 2 heteroatoms. The fraction of sp³-hybridized carbons (Fsp3) is 1.00. The lowest BCUT2D eigenvalue weighted by Crippen LogP contribution is -2.53. The van der Waals surface area contributed by atoms with Gasteiger partial charge in [0.2, 0.25) is 0 Å². The molecule has 1 N–H and O–H groups in total. The Kier molecular flexibility index (Phi) is 3.91. The van der Waals surface area contributed by atoms with Crippen LogP contribution >= 0.6 is 0 Å². The summed E-state index contributed by atoms with van der Waals surface area (Å²) >= 11 is 0. The van der Waals surface area contributed by atoms with E-state index in [1.165, 1.54) is 51.6 Å². The lowest BCUT2D eigenvalue weighted by molar-refractivity contribution is 0.0783. The standard InChI is InChI=1S/C14H28N2/c1-12-5-4-6-13(11-12)16-9-7-14(2,15-3)8-10-16/h12-13,15H,4-11H2,1-3H3. The van der Waals surface area contributed by atoms with Crippen LogP contribution in [0.5, 0.6) is 0 Å². The molecule has 0 radical (unpaired) electrons. The molecule has 2 rings (SSSR count). The molecule has 1 aliphatic carbocycles. The molecule has 16 heavy (non-hydrogen) atoms. The van der Waals surface area contributed by atoms with E-state index in [4.69, 9.17) is 0 Å². The Labute approximate surface area is 101 Å². The number of hydrogen-bond donors (Lipinski definition) is 1. The van der Waals surface area contributed by atoms with E-state index >= 15 is 0 Å². The van der Waals surface area contributed by atoms with E-state index in [1.54, 1.807) is 0 Å². The number of piperidine rings is 1. The first-order chi connectivity index (χ1) is 7.63. The number of rotatable bonds is 2. The predicted molar refractivity (Wildman–Crippen MR) is 69.7 cm³/mol. The summed E-state index contributed by atoms with van der Waals surface area (Å²) in [5.41, 5.74) is 0.400. The Morgan fingerprint density at radius 1 is 1.19 bits per heavy atom. The van der Waals surface area contributed by atoms with Gasteiger partial charge in [-0.3, -0.25) is 0 Å². The first-order valence-corrected chi connectivity index (χ1v) is 7.06. The van der Waals surface area contributed by atoms with Crippen LogP contribution in [0.25, 0.3) is 0 Å². The molecular formula is C14H28N2. The van der Waals surface area contributed by atoms with Crippen LogP contribution in [0.1, 0.15) is 52.4 Å². The predicted octanol–water partition coefficient (Wildman–Crippen LogP) is 2.64. The second kappa shape index (κ2) is 5.05. The Balaban J connectivity index is 1.84. The van der Waals surface area contributed by atoms with Gasteiger partial charge in [0, 0.05) is 24.7 Å². The van der Waals surface area contributed by atoms with Crippen molar-refractivity contribution in [3.05, 3.63) is 0 Å². The van der Waals surface area contributed by atoms with Crippen molar-refractivity contribution in [2.75, 3.05) is 20.1 Å². The van der Waals surface area contributed by atoms with Gasteiger partial charge >= 0.3 is 0 Å². The second-order valence-corrected chi connectivity index (χ2v) is 6.27. The van der Waals surface area contributed by atoms with Crippen molar-refractivity contribution in [3.8, 4) is 0 Å². The van der Waals surface area contributed by atoms with E-state index in [0.29, 0.717) is 5.54 Å². The number of nitrogens with one attached hydrogen (secondary N) is 1. The molecule has 1 saturated heterocycles. The normalized spacial score (nSPS) is 36.2. The van der Waals surface area contributed by atoms with Crippen molar-refractivity contribution in [1.82, 2.24) is 10.2 Å². The van der Waals surface area contributed by atoms with Gasteiger partial charge in [-0.05, 0) is 45.6 Å². The van der Waals surface area contributed by atoms with Gasteiger partial charge in [-0.15, -0.1) is 0 Å². The van der Waals surface area contributed by atoms with Crippen LogP contribution in [-0.4, -0.2) is 36.6 Å². The number of nitrogens with zero attached hydrogens (tertiary/aromatic N) is 1. The molecule has 0 bridgehead atoms. The van der Waals surface area contributed by atoms with Crippen LogP contribution in [0.3, 0.4) is 0 Å². The average molecular weight is 224 g/mol. The quantitative estimate of drug-likeness (QED) is 0.776. The SMILES string of the molecule is CNC1(C)CCN(C2CCCC(C)C2)CC1. The van der Waals surface area contributed by atoms with E-state index in [-0.39, 0.29) is 0 Å². The lowest BCUT2D eigenvalue weighted by Gasteiger charge is -2.44. The van der Waals surface area contributed by atoms with E-state index in [1.807, 2.05) is 0 Å². The van der Waals surface area contributed by atoms with Gasteiger partial charge in [0.15, 0.2) is 0 Å². The Morgan fingerprint density at radius 2 is 1.88 bits per heavy atom. The van der Waals surface area contributed by atoms with Crippen LogP contribution in [0.15, 0.2) is 0 Å². The highest BCUT2D eigenvalue weighted by atomic mass is 15.2. The zero-order valence-corrected chi connectivity index (χ0v) is 11.3. The minimum atomic E-state index is 0.400. The summed E-state index contributed by atoms with van der Waals surface area (Å²) < 4.78 is 0. The molecule has 94 valence electrons. The second-order valence-electron chi connectivity index (χ2n) is 6.27. The van der Waals surface area contributed by atoms with Gasteiger partial charge in [0.1, 0.15) is 0 Å². The maximum Gasteiger partial charge on any atom is 0.0174 e. The Morgan fingerprint density at radius 3 is 2.44 bits per heavy atom. The van der Waals surface area contributed by atoms with Crippen molar-refractivity contribution in [2.45, 2.75) is 64.0 Å². The summed E-state index contributed by atoms with van der Waals surface area (Å²) in [7, 11) is 2.11. The summed E-state index contributed by atoms with van der Waals surface area (Å²) in [4.78, 5) is 2.76. The average Bonchev–Trinajstić information content (AvgIpc) is 2.30. The minimum Gasteiger partial charge on any atom is -0.314 e. The molecule has 0 spiro atoms. The van der Waals surface area contributed by atoms with Crippen molar-refractivity contribution >= 4 is 0 Å². The third-order valence-corrected chi connectivity index (χ3v) is 4.93. The molecule has 2 unspecified atom stereocenters. The maximum atomic E-state index is 3.49. The highest BCUT2D eigenvalue weighted by Crippen LogP contribution is 2.31. The summed E-state index contributed by atoms with van der Waals surface area (Å²) in [6.07, 6.45) is 8.42. The third kappa shape index (κ3) is 2.78. The van der Waals surface area contributed by atoms with Gasteiger partial charge in [-0.1, -0.05) is 19.8 Å². The molecule has 2 fully saturated rings. The lowest BCUT2D eigenvalue weighted by atomic mass is 9.83. The van der Waals surface area contributed by atoms with Gasteiger partial charge in [0.05, 0.1) is 0 Å². The van der Waals surface area contributed by atoms with Crippen LogP contribution in [-0.2, 0) is 0 Å². The smallest absolute Gasteiger partial charge is 0.0174 e. The summed E-state index contributed by atoms with van der Waals surface area (Å²) in [5.74, 6) is 0.955. The third-order valence-electron chi connectivity index (χ3n) is 4.93. The zero-order valence-electron chi connectivity index (χ0n) is 11.3. The molecule has 0 aromatic carbocycles. The highest BCUT2D eigenvalue weighted by molar-refractivity contribution is 4.91. The van der Waals surface area contributed by atoms with Gasteiger partial charge in [0.25, 0.3) is 0 Å². The molecule has 2 aliphatic rings. The molecule has 2 nitrogen and oxygen atoms in total. The molecule has 0 aromatic heterocycles. The molecule has 0 amide bonds. The van der Waals surface area contributed by atoms with Crippen molar-refractivity contribution in [1.29, 1.82) is 0 Å². The topological polar surface area (TPSA) is 15.3 Å². The van der Waals surface area contributed by atoms with Crippen LogP contribution in [0, 0.1) is 5.92 Å². The Hall–Kier alpha value is -0.0800. The molecule has 0 aromatic rings. The first-order valence-electron chi connectivity index (χ1n) is 7.06. The highest BCUT2D eigenvalue weighted by Gasteiger charge is 2.32. The molecule has 1 heterocycles. The Bertz CT molecular complexity index is 219. The molecule has 2 atom stereocenters. The molecule has 1 aliphatic heterocycles. The van der Waals surface area contributed by atoms with Crippen molar-refractivity contribution in [2.24, 2.45) is 5.92 Å². The van der Waals surface area contributed by atoms with E-state index in [9.17, 15) is 0 Å². The fourth-order valence-corrected chi connectivity index (χ4v) is 3.37. The first kappa shape index (κ1) is 12.4. The van der Waals surface area contributed by atoms with Gasteiger partial charge in [-0.2, -0.15) is 0 Å². The number of likely N-dealkylation sites (tertiary alicyclic amines) is 1. The van der Waals surface area contributed by atoms with E-state index in [0.717, 1.165) is 12.0 Å². The van der Waals surface area contributed by atoms with E-state index < -0.39 is 0 Å². The monoisotopic (exact) mass is 224 g/mol. The van der Waals surface area contributed by atoms with Gasteiger partial charge < -0.3 is 10.2 Å². The fourth-order valence-electron chi connectivity index (χ4n) is 3.37.